The fourth-order valence-corrected chi connectivity index (χ4v) is 3.75. The third kappa shape index (κ3) is 7.26. The van der Waals surface area contributed by atoms with Gasteiger partial charge in [0, 0.05) is 13.1 Å². The Morgan fingerprint density at radius 3 is 2.35 bits per heavy atom. The van der Waals surface area contributed by atoms with Crippen LogP contribution in [0.15, 0.2) is 36.4 Å². The van der Waals surface area contributed by atoms with Gasteiger partial charge in [-0.15, -0.1) is 0 Å². The number of hydrogen-bond acceptors (Lipinski definition) is 2. The number of nitrogens with one attached hydrogen (secondary N) is 1. The Balaban J connectivity index is 2.34. The minimum atomic E-state index is -0.564. The predicted molar refractivity (Wildman–Crippen MR) is 129 cm³/mol. The number of carbonyl (C=O) groups is 2. The summed E-state index contributed by atoms with van der Waals surface area (Å²) in [5.74, 6) is 0.104. The first-order valence-electron chi connectivity index (χ1n) is 10.7. The molecule has 0 unspecified atom stereocenters. The molecule has 0 spiro atoms. The smallest absolute Gasteiger partial charge is 0.242 e. The number of halogens is 2. The van der Waals surface area contributed by atoms with Gasteiger partial charge in [0.1, 0.15) is 6.04 Å². The van der Waals surface area contributed by atoms with Gasteiger partial charge >= 0.3 is 0 Å². The fourth-order valence-electron chi connectivity index (χ4n) is 3.43. The molecule has 1 N–H and O–H groups in total. The zero-order valence-electron chi connectivity index (χ0n) is 19.0. The molecule has 4 nitrogen and oxygen atoms in total. The number of amides is 2. The molecule has 0 aliphatic carbocycles. The van der Waals surface area contributed by atoms with E-state index in [9.17, 15) is 9.59 Å². The summed E-state index contributed by atoms with van der Waals surface area (Å²) in [7, 11) is 0. The lowest BCUT2D eigenvalue weighted by molar-refractivity contribution is -0.141. The minimum Gasteiger partial charge on any atom is -0.354 e. The van der Waals surface area contributed by atoms with Crippen LogP contribution in [0, 0.1) is 19.8 Å². The lowest BCUT2D eigenvalue weighted by Crippen LogP contribution is -2.50. The zero-order chi connectivity index (χ0) is 23.1. The van der Waals surface area contributed by atoms with Gasteiger partial charge in [0.25, 0.3) is 0 Å². The molecule has 0 saturated carbocycles. The maximum atomic E-state index is 13.5. The van der Waals surface area contributed by atoms with Gasteiger partial charge in [-0.05, 0) is 55.0 Å². The van der Waals surface area contributed by atoms with Crippen LogP contribution in [0.1, 0.15) is 49.4 Å². The maximum absolute atomic E-state index is 13.5. The van der Waals surface area contributed by atoms with Gasteiger partial charge in [0.05, 0.1) is 16.5 Å². The third-order valence-corrected chi connectivity index (χ3v) is 5.99. The van der Waals surface area contributed by atoms with Crippen molar-refractivity contribution < 1.29 is 9.59 Å². The van der Waals surface area contributed by atoms with Crippen LogP contribution in [-0.2, 0) is 22.6 Å². The molecule has 0 fully saturated rings. The summed E-state index contributed by atoms with van der Waals surface area (Å²) in [6.45, 7) is 10.9. The Labute approximate surface area is 195 Å². The summed E-state index contributed by atoms with van der Waals surface area (Å²) >= 11 is 12.2. The van der Waals surface area contributed by atoms with E-state index < -0.39 is 6.04 Å². The first-order chi connectivity index (χ1) is 14.6. The molecule has 168 valence electrons. The third-order valence-electron chi connectivity index (χ3n) is 5.25. The van der Waals surface area contributed by atoms with Crippen LogP contribution in [0.4, 0.5) is 0 Å². The second kappa shape index (κ2) is 11.5. The lowest BCUT2D eigenvalue weighted by atomic mass is 10.0. The molecule has 0 aliphatic rings. The highest BCUT2D eigenvalue weighted by Gasteiger charge is 2.29. The Kier molecular flexibility index (Phi) is 9.39. The highest BCUT2D eigenvalue weighted by atomic mass is 35.5. The van der Waals surface area contributed by atoms with Crippen molar-refractivity contribution in [3.05, 3.63) is 68.7 Å². The molecule has 0 aliphatic heterocycles. The molecule has 6 heteroatoms. The van der Waals surface area contributed by atoms with Gasteiger partial charge in [0.15, 0.2) is 0 Å². The summed E-state index contributed by atoms with van der Waals surface area (Å²) < 4.78 is 0. The van der Waals surface area contributed by atoms with Gasteiger partial charge in [-0.25, -0.2) is 0 Å². The molecule has 31 heavy (non-hydrogen) atoms. The standard InChI is InChI=1S/C25H32Cl2N2O2/c1-6-23(25(31)28-14-16(2)3)29(15-19-9-10-21(26)22(27)12-19)24(30)13-20-11-17(4)7-8-18(20)5/h7-12,16,23H,6,13-15H2,1-5H3,(H,28,31)/t23-/m1/s1. The largest absolute Gasteiger partial charge is 0.354 e. The van der Waals surface area contributed by atoms with E-state index in [1.54, 1.807) is 17.0 Å². The predicted octanol–water partition coefficient (Wildman–Crippen LogP) is 5.73. The van der Waals surface area contributed by atoms with Gasteiger partial charge in [-0.1, -0.05) is 73.8 Å². The van der Waals surface area contributed by atoms with E-state index in [-0.39, 0.29) is 24.8 Å². The summed E-state index contributed by atoms with van der Waals surface area (Å²) in [6, 6.07) is 10.8. The zero-order valence-corrected chi connectivity index (χ0v) is 20.5. The average molecular weight is 463 g/mol. The van der Waals surface area contributed by atoms with E-state index in [0.717, 1.165) is 22.3 Å². The molecular formula is C25H32Cl2N2O2. The Bertz CT molecular complexity index is 928. The highest BCUT2D eigenvalue weighted by Crippen LogP contribution is 2.24. The average Bonchev–Trinajstić information content (AvgIpc) is 2.71. The van der Waals surface area contributed by atoms with Gasteiger partial charge < -0.3 is 10.2 Å². The highest BCUT2D eigenvalue weighted by molar-refractivity contribution is 6.42. The Morgan fingerprint density at radius 2 is 1.74 bits per heavy atom. The van der Waals surface area contributed by atoms with Crippen LogP contribution in [-0.4, -0.2) is 29.3 Å². The number of rotatable bonds is 9. The molecule has 2 amide bonds. The van der Waals surface area contributed by atoms with E-state index in [0.29, 0.717) is 28.9 Å². The molecule has 0 saturated heterocycles. The maximum Gasteiger partial charge on any atom is 0.242 e. The lowest BCUT2D eigenvalue weighted by Gasteiger charge is -2.31. The van der Waals surface area contributed by atoms with Gasteiger partial charge in [0.2, 0.25) is 11.8 Å². The SMILES string of the molecule is CC[C@H](C(=O)NCC(C)C)N(Cc1ccc(Cl)c(Cl)c1)C(=O)Cc1cc(C)ccc1C. The molecule has 0 aromatic heterocycles. The second-order valence-corrected chi connectivity index (χ2v) is 9.25. The van der Waals surface area contributed by atoms with Crippen molar-refractivity contribution in [2.75, 3.05) is 6.54 Å². The summed E-state index contributed by atoms with van der Waals surface area (Å²) in [4.78, 5) is 28.1. The van der Waals surface area contributed by atoms with Crippen molar-refractivity contribution >= 4 is 35.0 Å². The van der Waals surface area contributed by atoms with E-state index >= 15 is 0 Å². The van der Waals surface area contributed by atoms with Crippen LogP contribution in [0.5, 0.6) is 0 Å². The van der Waals surface area contributed by atoms with Crippen molar-refractivity contribution in [2.45, 2.75) is 60.0 Å². The number of hydrogen-bond donors (Lipinski definition) is 1. The summed E-state index contributed by atoms with van der Waals surface area (Å²) in [6.07, 6.45) is 0.757. The molecule has 0 bridgehead atoms. The molecule has 1 atom stereocenters. The van der Waals surface area contributed by atoms with E-state index in [1.165, 1.54) is 0 Å². The van der Waals surface area contributed by atoms with Gasteiger partial charge in [-0.2, -0.15) is 0 Å². The van der Waals surface area contributed by atoms with Crippen LogP contribution in [0.2, 0.25) is 10.0 Å². The van der Waals surface area contributed by atoms with Crippen molar-refractivity contribution in [3.63, 3.8) is 0 Å². The number of carbonyl (C=O) groups excluding carboxylic acids is 2. The number of aryl methyl sites for hydroxylation is 2. The van der Waals surface area contributed by atoms with Gasteiger partial charge in [-0.3, -0.25) is 9.59 Å². The van der Waals surface area contributed by atoms with Crippen molar-refractivity contribution in [1.29, 1.82) is 0 Å². The molecule has 2 aromatic carbocycles. The minimum absolute atomic E-state index is 0.0914. The van der Waals surface area contributed by atoms with Crippen LogP contribution in [0.3, 0.4) is 0 Å². The first-order valence-corrected chi connectivity index (χ1v) is 11.4. The Hall–Kier alpha value is -2.04. The Morgan fingerprint density at radius 1 is 1.03 bits per heavy atom. The van der Waals surface area contributed by atoms with Crippen molar-refractivity contribution in [3.8, 4) is 0 Å². The van der Waals surface area contributed by atoms with E-state index in [1.807, 2.05) is 58.9 Å². The number of benzene rings is 2. The molecule has 2 aromatic rings. The first kappa shape index (κ1) is 25.2. The molecule has 0 heterocycles. The van der Waals surface area contributed by atoms with Crippen molar-refractivity contribution in [1.82, 2.24) is 10.2 Å². The molecule has 2 rings (SSSR count). The summed E-state index contributed by atoms with van der Waals surface area (Å²) in [5.41, 5.74) is 3.97. The van der Waals surface area contributed by atoms with Crippen molar-refractivity contribution in [2.24, 2.45) is 5.92 Å². The second-order valence-electron chi connectivity index (χ2n) is 8.44. The molecular weight excluding hydrogens is 431 g/mol. The van der Waals surface area contributed by atoms with E-state index in [4.69, 9.17) is 23.2 Å². The normalized spacial score (nSPS) is 12.0. The molecule has 0 radical (unpaired) electrons. The quantitative estimate of drug-likeness (QED) is 0.516. The van der Waals surface area contributed by atoms with Crippen LogP contribution in [0.25, 0.3) is 0 Å². The fraction of sp³-hybridized carbons (Fsp3) is 0.440. The van der Waals surface area contributed by atoms with E-state index in [2.05, 4.69) is 5.32 Å². The monoisotopic (exact) mass is 462 g/mol. The van der Waals surface area contributed by atoms with Crippen LogP contribution < -0.4 is 5.32 Å². The topological polar surface area (TPSA) is 49.4 Å². The number of nitrogens with zero attached hydrogens (tertiary/aromatic N) is 1. The summed E-state index contributed by atoms with van der Waals surface area (Å²) in [5, 5.41) is 3.87. The van der Waals surface area contributed by atoms with Crippen LogP contribution >= 0.6 is 23.2 Å².